The molecule has 0 bridgehead atoms. The first-order valence-electron chi connectivity index (χ1n) is 10.2. The zero-order valence-electron chi connectivity index (χ0n) is 17.5. The lowest BCUT2D eigenvalue weighted by atomic mass is 9.94. The molecule has 0 aliphatic carbocycles. The van der Waals surface area contributed by atoms with Gasteiger partial charge in [0, 0.05) is 24.7 Å². The Morgan fingerprint density at radius 3 is 2.69 bits per heavy atom. The van der Waals surface area contributed by atoms with Crippen LogP contribution in [-0.2, 0) is 4.84 Å². The number of nitrogens with zero attached hydrogens (tertiary/aromatic N) is 4. The Morgan fingerprint density at radius 1 is 1.17 bits per heavy atom. The van der Waals surface area contributed by atoms with Crippen LogP contribution < -0.4 is 14.4 Å². The minimum Gasteiger partial charge on any atom is -0.496 e. The van der Waals surface area contributed by atoms with Gasteiger partial charge in [-0.05, 0) is 63.3 Å². The van der Waals surface area contributed by atoms with Gasteiger partial charge in [-0.1, -0.05) is 5.16 Å². The molecule has 0 N–H and O–H groups in total. The molecule has 1 aliphatic rings. The van der Waals surface area contributed by atoms with Gasteiger partial charge >= 0.3 is 0 Å². The third-order valence-electron chi connectivity index (χ3n) is 5.12. The second-order valence-electron chi connectivity index (χ2n) is 7.16. The standard InChI is InChI=1S/C22H30N4O3/c1-4-29-23-16-19-6-7-20(15-21(19)27-3)28-14-11-18-9-12-26(13-10-18)22-8-5-17(2)24-25-22/h5-8,15-16,18H,4,9-14H2,1-3H3/b23-16+. The van der Waals surface area contributed by atoms with Crippen LogP contribution in [0.15, 0.2) is 35.5 Å². The minimum absolute atomic E-state index is 0.539. The molecule has 0 atom stereocenters. The van der Waals surface area contributed by atoms with E-state index in [1.54, 1.807) is 13.3 Å². The molecular weight excluding hydrogens is 368 g/mol. The maximum atomic E-state index is 5.96. The fourth-order valence-electron chi connectivity index (χ4n) is 3.41. The van der Waals surface area contributed by atoms with E-state index in [0.717, 1.165) is 60.9 Å². The van der Waals surface area contributed by atoms with E-state index in [4.69, 9.17) is 14.3 Å². The molecule has 1 aliphatic heterocycles. The normalized spacial score (nSPS) is 14.9. The minimum atomic E-state index is 0.539. The number of oxime groups is 1. The monoisotopic (exact) mass is 398 g/mol. The number of aromatic nitrogens is 2. The maximum Gasteiger partial charge on any atom is 0.151 e. The van der Waals surface area contributed by atoms with E-state index in [-0.39, 0.29) is 0 Å². The van der Waals surface area contributed by atoms with Gasteiger partial charge in [0.15, 0.2) is 5.82 Å². The van der Waals surface area contributed by atoms with Crippen molar-refractivity contribution in [1.82, 2.24) is 10.2 Å². The van der Waals surface area contributed by atoms with Crippen LogP contribution in [-0.4, -0.2) is 49.8 Å². The van der Waals surface area contributed by atoms with Crippen molar-refractivity contribution in [3.63, 3.8) is 0 Å². The van der Waals surface area contributed by atoms with Crippen LogP contribution in [0.4, 0.5) is 5.82 Å². The average Bonchev–Trinajstić information content (AvgIpc) is 2.76. The number of anilines is 1. The first kappa shape index (κ1) is 20.9. The molecule has 3 rings (SSSR count). The molecule has 0 saturated carbocycles. The van der Waals surface area contributed by atoms with Crippen molar-refractivity contribution in [1.29, 1.82) is 0 Å². The van der Waals surface area contributed by atoms with Crippen LogP contribution in [0, 0.1) is 12.8 Å². The highest BCUT2D eigenvalue weighted by molar-refractivity contribution is 5.83. The summed E-state index contributed by atoms with van der Waals surface area (Å²) in [4.78, 5) is 7.33. The molecule has 7 nitrogen and oxygen atoms in total. The maximum absolute atomic E-state index is 5.96. The van der Waals surface area contributed by atoms with Crippen molar-refractivity contribution in [2.75, 3.05) is 38.3 Å². The number of benzene rings is 1. The number of aryl methyl sites for hydroxylation is 1. The first-order valence-corrected chi connectivity index (χ1v) is 10.2. The fourth-order valence-corrected chi connectivity index (χ4v) is 3.41. The molecule has 1 saturated heterocycles. The highest BCUT2D eigenvalue weighted by atomic mass is 16.6. The Bertz CT molecular complexity index is 787. The van der Waals surface area contributed by atoms with Crippen molar-refractivity contribution >= 4 is 12.0 Å². The molecular formula is C22H30N4O3. The van der Waals surface area contributed by atoms with Gasteiger partial charge in [0.2, 0.25) is 0 Å². The highest BCUT2D eigenvalue weighted by Crippen LogP contribution is 2.26. The summed E-state index contributed by atoms with van der Waals surface area (Å²) in [5.74, 6) is 3.18. The van der Waals surface area contributed by atoms with Crippen LogP contribution in [0.25, 0.3) is 0 Å². The fraction of sp³-hybridized carbons (Fsp3) is 0.500. The number of ether oxygens (including phenoxy) is 2. The van der Waals surface area contributed by atoms with E-state index in [1.807, 2.05) is 38.1 Å². The van der Waals surface area contributed by atoms with Crippen molar-refractivity contribution in [3.05, 3.63) is 41.6 Å². The summed E-state index contributed by atoms with van der Waals surface area (Å²) in [6.45, 7) is 7.13. The molecule has 2 aromatic rings. The smallest absolute Gasteiger partial charge is 0.151 e. The molecule has 0 radical (unpaired) electrons. The number of methoxy groups -OCH3 is 1. The number of hydrogen-bond donors (Lipinski definition) is 0. The quantitative estimate of drug-likeness (QED) is 0.472. The van der Waals surface area contributed by atoms with Crippen molar-refractivity contribution in [2.45, 2.75) is 33.1 Å². The number of hydrogen-bond acceptors (Lipinski definition) is 7. The molecule has 0 unspecified atom stereocenters. The topological polar surface area (TPSA) is 69.1 Å². The summed E-state index contributed by atoms with van der Waals surface area (Å²) in [6, 6.07) is 9.84. The van der Waals surface area contributed by atoms with Crippen LogP contribution in [0.1, 0.15) is 37.4 Å². The summed E-state index contributed by atoms with van der Waals surface area (Å²) in [7, 11) is 1.64. The van der Waals surface area contributed by atoms with E-state index < -0.39 is 0 Å². The second-order valence-corrected chi connectivity index (χ2v) is 7.16. The number of rotatable bonds is 9. The zero-order valence-corrected chi connectivity index (χ0v) is 17.5. The lowest BCUT2D eigenvalue weighted by Crippen LogP contribution is -2.34. The Hall–Kier alpha value is -2.83. The highest BCUT2D eigenvalue weighted by Gasteiger charge is 2.20. The van der Waals surface area contributed by atoms with Crippen LogP contribution >= 0.6 is 0 Å². The molecule has 7 heteroatoms. The molecule has 0 amide bonds. The van der Waals surface area contributed by atoms with Gasteiger partial charge in [0.05, 0.1) is 25.6 Å². The first-order chi connectivity index (χ1) is 14.2. The van der Waals surface area contributed by atoms with Gasteiger partial charge in [0.1, 0.15) is 18.1 Å². The van der Waals surface area contributed by atoms with E-state index in [0.29, 0.717) is 19.1 Å². The van der Waals surface area contributed by atoms with Crippen LogP contribution in [0.2, 0.25) is 0 Å². The zero-order chi connectivity index (χ0) is 20.5. The molecule has 1 fully saturated rings. The SMILES string of the molecule is CCO/N=C/c1ccc(OCCC2CCN(c3ccc(C)nn3)CC2)cc1OC. The summed E-state index contributed by atoms with van der Waals surface area (Å²) >= 11 is 0. The van der Waals surface area contributed by atoms with Crippen LogP contribution in [0.5, 0.6) is 11.5 Å². The van der Waals surface area contributed by atoms with Gasteiger partial charge in [-0.15, -0.1) is 5.10 Å². The average molecular weight is 399 g/mol. The van der Waals surface area contributed by atoms with Crippen molar-refractivity contribution < 1.29 is 14.3 Å². The predicted octanol–water partition coefficient (Wildman–Crippen LogP) is 3.85. The predicted molar refractivity (Wildman–Crippen MR) is 114 cm³/mol. The van der Waals surface area contributed by atoms with Crippen molar-refractivity contribution in [2.24, 2.45) is 11.1 Å². The van der Waals surface area contributed by atoms with Gasteiger partial charge in [0.25, 0.3) is 0 Å². The van der Waals surface area contributed by atoms with Gasteiger partial charge in [-0.25, -0.2) is 0 Å². The van der Waals surface area contributed by atoms with Gasteiger partial charge < -0.3 is 19.2 Å². The summed E-state index contributed by atoms with van der Waals surface area (Å²) < 4.78 is 11.4. The Balaban J connectivity index is 1.44. The molecule has 1 aromatic heterocycles. The van der Waals surface area contributed by atoms with Crippen LogP contribution in [0.3, 0.4) is 0 Å². The Kier molecular flexibility index (Phi) is 7.67. The van der Waals surface area contributed by atoms with E-state index >= 15 is 0 Å². The van der Waals surface area contributed by atoms with E-state index in [2.05, 4.69) is 26.3 Å². The lowest BCUT2D eigenvalue weighted by molar-refractivity contribution is 0.160. The Labute approximate surface area is 172 Å². The molecule has 1 aromatic carbocycles. The summed E-state index contributed by atoms with van der Waals surface area (Å²) in [5, 5.41) is 12.4. The van der Waals surface area contributed by atoms with Gasteiger partial charge in [-0.3, -0.25) is 0 Å². The lowest BCUT2D eigenvalue weighted by Gasteiger charge is -2.32. The molecule has 0 spiro atoms. The largest absolute Gasteiger partial charge is 0.496 e. The third kappa shape index (κ3) is 6.07. The third-order valence-corrected chi connectivity index (χ3v) is 5.12. The second kappa shape index (κ2) is 10.6. The molecule has 29 heavy (non-hydrogen) atoms. The van der Waals surface area contributed by atoms with E-state index in [1.165, 1.54) is 0 Å². The molecule has 2 heterocycles. The number of piperidine rings is 1. The molecule has 156 valence electrons. The summed E-state index contributed by atoms with van der Waals surface area (Å²) in [5.41, 5.74) is 1.81. The summed E-state index contributed by atoms with van der Waals surface area (Å²) in [6.07, 6.45) is 4.99. The van der Waals surface area contributed by atoms with E-state index in [9.17, 15) is 0 Å². The van der Waals surface area contributed by atoms with Crippen molar-refractivity contribution in [3.8, 4) is 11.5 Å². The van der Waals surface area contributed by atoms with Gasteiger partial charge in [-0.2, -0.15) is 5.10 Å². The Morgan fingerprint density at radius 2 is 2.00 bits per heavy atom.